The molecule has 104 valence electrons. The Balaban J connectivity index is 2.71. The Morgan fingerprint density at radius 3 is 2.26 bits per heavy atom. The van der Waals surface area contributed by atoms with Crippen LogP contribution in [0.5, 0.6) is 0 Å². The molecule has 0 spiro atoms. The molecule has 0 aromatic heterocycles. The molecule has 0 saturated carbocycles. The lowest BCUT2D eigenvalue weighted by atomic mass is 10.2. The number of anilines is 1. The first-order valence-electron chi connectivity index (χ1n) is 5.93. The first-order chi connectivity index (χ1) is 9.00. The van der Waals surface area contributed by atoms with Crippen LogP contribution >= 0.6 is 11.6 Å². The fourth-order valence-corrected chi connectivity index (χ4v) is 1.97. The number of carboxylic acids is 2. The van der Waals surface area contributed by atoms with E-state index in [9.17, 15) is 9.59 Å². The van der Waals surface area contributed by atoms with E-state index in [0.717, 1.165) is 5.69 Å². The fraction of sp³-hybridized carbons (Fsp3) is 0.385. The summed E-state index contributed by atoms with van der Waals surface area (Å²) in [5.41, 5.74) is 0.732. The van der Waals surface area contributed by atoms with Gasteiger partial charge in [-0.15, -0.1) is 0 Å². The molecule has 0 heterocycles. The molecule has 6 heteroatoms. The zero-order valence-electron chi connectivity index (χ0n) is 10.4. The first kappa shape index (κ1) is 15.3. The van der Waals surface area contributed by atoms with Crippen molar-refractivity contribution in [2.75, 3.05) is 18.0 Å². The smallest absolute Gasteiger partial charge is 0.305 e. The van der Waals surface area contributed by atoms with Crippen molar-refractivity contribution in [1.82, 2.24) is 0 Å². The molecule has 2 N–H and O–H groups in total. The van der Waals surface area contributed by atoms with E-state index in [2.05, 4.69) is 0 Å². The summed E-state index contributed by atoms with van der Waals surface area (Å²) in [6.45, 7) is 0.766. The van der Waals surface area contributed by atoms with E-state index in [4.69, 9.17) is 21.8 Å². The van der Waals surface area contributed by atoms with Crippen LogP contribution in [0.15, 0.2) is 24.3 Å². The minimum Gasteiger partial charge on any atom is -0.481 e. The largest absolute Gasteiger partial charge is 0.481 e. The van der Waals surface area contributed by atoms with Crippen LogP contribution in [-0.4, -0.2) is 35.2 Å². The maximum absolute atomic E-state index is 10.6. The highest BCUT2D eigenvalue weighted by molar-refractivity contribution is 6.33. The highest BCUT2D eigenvalue weighted by Gasteiger charge is 2.12. The molecule has 1 aromatic rings. The number of para-hydroxylation sites is 1. The van der Waals surface area contributed by atoms with Crippen LogP contribution in [0.25, 0.3) is 0 Å². The second kappa shape index (κ2) is 7.63. The first-order valence-corrected chi connectivity index (χ1v) is 6.31. The molecular weight excluding hydrogens is 270 g/mol. The van der Waals surface area contributed by atoms with E-state index in [1.165, 1.54) is 0 Å². The monoisotopic (exact) mass is 285 g/mol. The Hall–Kier alpha value is -1.75. The summed E-state index contributed by atoms with van der Waals surface area (Å²) in [5.74, 6) is -1.76. The van der Waals surface area contributed by atoms with Gasteiger partial charge in [0.2, 0.25) is 0 Å². The molecule has 0 atom stereocenters. The highest BCUT2D eigenvalue weighted by atomic mass is 35.5. The summed E-state index contributed by atoms with van der Waals surface area (Å²) >= 11 is 6.07. The molecule has 0 amide bonds. The quantitative estimate of drug-likeness (QED) is 0.767. The van der Waals surface area contributed by atoms with Gasteiger partial charge in [-0.25, -0.2) is 0 Å². The van der Waals surface area contributed by atoms with Gasteiger partial charge in [0, 0.05) is 19.5 Å². The van der Waals surface area contributed by atoms with Crippen molar-refractivity contribution in [3.8, 4) is 0 Å². The molecule has 0 aliphatic rings. The van der Waals surface area contributed by atoms with Gasteiger partial charge >= 0.3 is 11.9 Å². The normalized spacial score (nSPS) is 10.2. The van der Waals surface area contributed by atoms with E-state index in [1.54, 1.807) is 23.1 Å². The molecule has 0 unspecified atom stereocenters. The number of carboxylic acid groups (broad SMARTS) is 2. The van der Waals surface area contributed by atoms with Crippen molar-refractivity contribution < 1.29 is 19.8 Å². The highest BCUT2D eigenvalue weighted by Crippen LogP contribution is 2.25. The Morgan fingerprint density at radius 1 is 1.05 bits per heavy atom. The average molecular weight is 286 g/mol. The van der Waals surface area contributed by atoms with E-state index in [-0.39, 0.29) is 12.8 Å². The lowest BCUT2D eigenvalue weighted by Crippen LogP contribution is -2.28. The molecule has 19 heavy (non-hydrogen) atoms. The molecule has 0 fully saturated rings. The summed E-state index contributed by atoms with van der Waals surface area (Å²) in [6.07, 6.45) is 0.479. The van der Waals surface area contributed by atoms with Crippen molar-refractivity contribution in [2.24, 2.45) is 0 Å². The van der Waals surface area contributed by atoms with E-state index in [0.29, 0.717) is 24.5 Å². The summed E-state index contributed by atoms with van der Waals surface area (Å²) in [7, 11) is 0. The van der Waals surface area contributed by atoms with Crippen LogP contribution < -0.4 is 4.90 Å². The Morgan fingerprint density at radius 2 is 1.68 bits per heavy atom. The minimum atomic E-state index is -0.893. The number of aliphatic carboxylic acids is 2. The number of rotatable bonds is 8. The van der Waals surface area contributed by atoms with Gasteiger partial charge < -0.3 is 15.1 Å². The standard InChI is InChI=1S/C13H16ClNO4/c14-10-4-1-2-5-11(10)15(9-7-13(18)19)8-3-6-12(16)17/h1-2,4-5H,3,6-9H2,(H,16,17)(H,18,19). The molecule has 5 nitrogen and oxygen atoms in total. The number of nitrogens with zero attached hydrogens (tertiary/aromatic N) is 1. The summed E-state index contributed by atoms with van der Waals surface area (Å²) < 4.78 is 0. The molecule has 0 radical (unpaired) electrons. The van der Waals surface area contributed by atoms with Gasteiger partial charge in [0.25, 0.3) is 0 Å². The van der Waals surface area contributed by atoms with E-state index >= 15 is 0 Å². The Kier molecular flexibility index (Phi) is 6.15. The van der Waals surface area contributed by atoms with Crippen LogP contribution in [0.2, 0.25) is 5.02 Å². The SMILES string of the molecule is O=C(O)CCCN(CCC(=O)O)c1ccccc1Cl. The predicted molar refractivity (Wildman–Crippen MR) is 72.8 cm³/mol. The van der Waals surface area contributed by atoms with Gasteiger partial charge in [0.15, 0.2) is 0 Å². The average Bonchev–Trinajstić information content (AvgIpc) is 2.34. The molecular formula is C13H16ClNO4. The molecule has 0 aliphatic carbocycles. The number of hydrogen-bond acceptors (Lipinski definition) is 3. The van der Waals surface area contributed by atoms with Crippen LogP contribution in [0, 0.1) is 0 Å². The van der Waals surface area contributed by atoms with Crippen LogP contribution in [-0.2, 0) is 9.59 Å². The lowest BCUT2D eigenvalue weighted by molar-refractivity contribution is -0.138. The van der Waals surface area contributed by atoms with Gasteiger partial charge in [-0.05, 0) is 18.6 Å². The van der Waals surface area contributed by atoms with Gasteiger partial charge in [0.1, 0.15) is 0 Å². The van der Waals surface area contributed by atoms with Crippen molar-refractivity contribution >= 4 is 29.2 Å². The van der Waals surface area contributed by atoms with Gasteiger partial charge in [-0.3, -0.25) is 9.59 Å². The third-order valence-corrected chi connectivity index (χ3v) is 2.93. The van der Waals surface area contributed by atoms with E-state index < -0.39 is 11.9 Å². The van der Waals surface area contributed by atoms with Gasteiger partial charge in [-0.1, -0.05) is 23.7 Å². The van der Waals surface area contributed by atoms with Gasteiger partial charge in [-0.2, -0.15) is 0 Å². The Bertz CT molecular complexity index is 450. The zero-order valence-corrected chi connectivity index (χ0v) is 11.1. The van der Waals surface area contributed by atoms with Crippen molar-refractivity contribution in [1.29, 1.82) is 0 Å². The third kappa shape index (κ3) is 5.61. The lowest BCUT2D eigenvalue weighted by Gasteiger charge is -2.25. The van der Waals surface area contributed by atoms with Gasteiger partial charge in [0.05, 0.1) is 17.1 Å². The topological polar surface area (TPSA) is 77.8 Å². The van der Waals surface area contributed by atoms with Crippen LogP contribution in [0.4, 0.5) is 5.69 Å². The van der Waals surface area contributed by atoms with Crippen LogP contribution in [0.1, 0.15) is 19.3 Å². The van der Waals surface area contributed by atoms with Crippen molar-refractivity contribution in [2.45, 2.75) is 19.3 Å². The third-order valence-electron chi connectivity index (χ3n) is 2.61. The molecule has 0 bridgehead atoms. The Labute approximate surface area is 116 Å². The molecule has 1 rings (SSSR count). The number of benzene rings is 1. The second-order valence-electron chi connectivity index (χ2n) is 4.08. The summed E-state index contributed by atoms with van der Waals surface area (Å²) in [6, 6.07) is 7.12. The number of halogens is 1. The van der Waals surface area contributed by atoms with Crippen molar-refractivity contribution in [3.05, 3.63) is 29.3 Å². The summed E-state index contributed by atoms with van der Waals surface area (Å²) in [4.78, 5) is 23.0. The molecule has 0 saturated heterocycles. The maximum Gasteiger partial charge on any atom is 0.305 e. The predicted octanol–water partition coefficient (Wildman–Crippen LogP) is 2.49. The zero-order chi connectivity index (χ0) is 14.3. The fourth-order valence-electron chi connectivity index (χ4n) is 1.71. The number of hydrogen-bond donors (Lipinski definition) is 2. The minimum absolute atomic E-state index is 0.0156. The molecule has 0 aliphatic heterocycles. The maximum atomic E-state index is 10.6. The van der Waals surface area contributed by atoms with Crippen LogP contribution in [0.3, 0.4) is 0 Å². The van der Waals surface area contributed by atoms with E-state index in [1.807, 2.05) is 6.07 Å². The molecule has 1 aromatic carbocycles. The number of carbonyl (C=O) groups is 2. The van der Waals surface area contributed by atoms with Crippen molar-refractivity contribution in [3.63, 3.8) is 0 Å². The summed E-state index contributed by atoms with van der Waals surface area (Å²) in [5, 5.41) is 17.9. The second-order valence-corrected chi connectivity index (χ2v) is 4.49.